The average Bonchev–Trinajstić information content (AvgIpc) is 2.95. The van der Waals surface area contributed by atoms with Crippen molar-refractivity contribution in [3.63, 3.8) is 0 Å². The smallest absolute Gasteiger partial charge is 0.287 e. The van der Waals surface area contributed by atoms with Crippen LogP contribution in [0.4, 0.5) is 0 Å². The van der Waals surface area contributed by atoms with E-state index in [-0.39, 0.29) is 18.1 Å². The van der Waals surface area contributed by atoms with Gasteiger partial charge < -0.3 is 9.73 Å². The van der Waals surface area contributed by atoms with Gasteiger partial charge in [0.25, 0.3) is 5.91 Å². The molecule has 0 saturated carbocycles. The molecule has 0 aromatic carbocycles. The van der Waals surface area contributed by atoms with Gasteiger partial charge in [0.1, 0.15) is 0 Å². The number of carbonyl (C=O) groups is 2. The van der Waals surface area contributed by atoms with E-state index in [2.05, 4.69) is 5.32 Å². The van der Waals surface area contributed by atoms with E-state index in [1.165, 1.54) is 23.7 Å². The van der Waals surface area contributed by atoms with E-state index in [0.29, 0.717) is 9.21 Å². The minimum absolute atomic E-state index is 0.0730. The number of furan rings is 1. The number of rotatable bonds is 4. The number of carbonyl (C=O) groups excluding carboxylic acids is 2. The quantitative estimate of drug-likeness (QED) is 0.868. The summed E-state index contributed by atoms with van der Waals surface area (Å²) in [6.45, 7) is -0.0730. The van der Waals surface area contributed by atoms with Crippen LogP contribution >= 0.6 is 22.9 Å². The molecule has 2 rings (SSSR count). The molecule has 88 valence electrons. The number of hydrogen-bond acceptors (Lipinski definition) is 4. The Balaban J connectivity index is 1.91. The summed E-state index contributed by atoms with van der Waals surface area (Å²) in [5, 5.41) is 2.47. The van der Waals surface area contributed by atoms with Crippen molar-refractivity contribution in [2.75, 3.05) is 6.54 Å². The molecular formula is C11H8ClNO3S. The van der Waals surface area contributed by atoms with Gasteiger partial charge in [-0.05, 0) is 24.3 Å². The average molecular weight is 270 g/mol. The van der Waals surface area contributed by atoms with Crippen molar-refractivity contribution >= 4 is 34.6 Å². The van der Waals surface area contributed by atoms with Crippen LogP contribution in [0.25, 0.3) is 0 Å². The van der Waals surface area contributed by atoms with Gasteiger partial charge in [0.2, 0.25) is 0 Å². The molecule has 0 atom stereocenters. The van der Waals surface area contributed by atoms with Gasteiger partial charge in [-0.1, -0.05) is 11.6 Å². The SMILES string of the molecule is O=C(NCC(=O)c1ccc(Cl)s1)c1ccco1. The minimum Gasteiger partial charge on any atom is -0.459 e. The zero-order valence-electron chi connectivity index (χ0n) is 8.60. The van der Waals surface area contributed by atoms with E-state index in [1.54, 1.807) is 18.2 Å². The second-order valence-electron chi connectivity index (χ2n) is 3.19. The highest BCUT2D eigenvalue weighted by Crippen LogP contribution is 2.21. The first kappa shape index (κ1) is 11.9. The van der Waals surface area contributed by atoms with Crippen molar-refractivity contribution in [3.8, 4) is 0 Å². The zero-order valence-corrected chi connectivity index (χ0v) is 10.2. The molecule has 4 nitrogen and oxygen atoms in total. The Labute approximate surface area is 106 Å². The largest absolute Gasteiger partial charge is 0.459 e. The normalized spacial score (nSPS) is 10.2. The molecule has 2 aromatic heterocycles. The van der Waals surface area contributed by atoms with Gasteiger partial charge in [-0.15, -0.1) is 11.3 Å². The lowest BCUT2D eigenvalue weighted by molar-refractivity contribution is 0.0886. The first-order valence-corrected chi connectivity index (χ1v) is 5.96. The Morgan fingerprint density at radius 3 is 2.76 bits per heavy atom. The highest BCUT2D eigenvalue weighted by Gasteiger charge is 2.12. The van der Waals surface area contributed by atoms with Crippen LogP contribution in [0.2, 0.25) is 4.34 Å². The van der Waals surface area contributed by atoms with Crippen LogP contribution in [-0.4, -0.2) is 18.2 Å². The first-order valence-electron chi connectivity index (χ1n) is 4.77. The summed E-state index contributed by atoms with van der Waals surface area (Å²) in [5.41, 5.74) is 0. The molecule has 0 aliphatic carbocycles. The third kappa shape index (κ3) is 2.95. The molecule has 0 bridgehead atoms. The minimum atomic E-state index is -0.411. The summed E-state index contributed by atoms with van der Waals surface area (Å²) in [6, 6.07) is 6.42. The predicted octanol–water partition coefficient (Wildman–Crippen LogP) is 2.61. The van der Waals surface area contributed by atoms with Crippen LogP contribution < -0.4 is 5.32 Å². The molecule has 0 aliphatic heterocycles. The lowest BCUT2D eigenvalue weighted by Gasteiger charge is -2.00. The van der Waals surface area contributed by atoms with E-state index < -0.39 is 5.91 Å². The summed E-state index contributed by atoms with van der Waals surface area (Å²) in [4.78, 5) is 23.6. The molecule has 17 heavy (non-hydrogen) atoms. The summed E-state index contributed by atoms with van der Waals surface area (Å²) in [7, 11) is 0. The predicted molar refractivity (Wildman–Crippen MR) is 64.7 cm³/mol. The number of amides is 1. The fraction of sp³-hybridized carbons (Fsp3) is 0.0909. The fourth-order valence-electron chi connectivity index (χ4n) is 1.21. The van der Waals surface area contributed by atoms with E-state index >= 15 is 0 Å². The monoisotopic (exact) mass is 269 g/mol. The van der Waals surface area contributed by atoms with Crippen LogP contribution in [0, 0.1) is 0 Å². The second-order valence-corrected chi connectivity index (χ2v) is 4.90. The lowest BCUT2D eigenvalue weighted by Crippen LogP contribution is -2.28. The summed E-state index contributed by atoms with van der Waals surface area (Å²) in [5.74, 6) is -0.408. The molecule has 0 unspecified atom stereocenters. The number of Topliss-reactive ketones (excluding diaryl/α,β-unsaturated/α-hetero) is 1. The molecule has 6 heteroatoms. The Morgan fingerprint density at radius 1 is 1.35 bits per heavy atom. The van der Waals surface area contributed by atoms with E-state index in [4.69, 9.17) is 16.0 Å². The standard InChI is InChI=1S/C11H8ClNO3S/c12-10-4-3-9(17-10)7(14)6-13-11(15)8-2-1-5-16-8/h1-5H,6H2,(H,13,15). The highest BCUT2D eigenvalue weighted by molar-refractivity contribution is 7.18. The van der Waals surface area contributed by atoms with Crippen LogP contribution in [0.1, 0.15) is 20.2 Å². The van der Waals surface area contributed by atoms with Gasteiger partial charge in [0, 0.05) is 0 Å². The van der Waals surface area contributed by atoms with E-state index in [1.807, 2.05) is 0 Å². The van der Waals surface area contributed by atoms with Crippen molar-refractivity contribution in [3.05, 3.63) is 45.5 Å². The van der Waals surface area contributed by atoms with Crippen molar-refractivity contribution < 1.29 is 14.0 Å². The van der Waals surface area contributed by atoms with Gasteiger partial charge in [0.05, 0.1) is 22.0 Å². The van der Waals surface area contributed by atoms with Gasteiger partial charge >= 0.3 is 0 Å². The number of nitrogens with one attached hydrogen (secondary N) is 1. The van der Waals surface area contributed by atoms with Gasteiger partial charge in [-0.25, -0.2) is 0 Å². The summed E-state index contributed by atoms with van der Waals surface area (Å²) < 4.78 is 5.44. The van der Waals surface area contributed by atoms with Crippen molar-refractivity contribution in [1.82, 2.24) is 5.32 Å². The maximum Gasteiger partial charge on any atom is 0.287 e. The molecule has 2 aromatic rings. The van der Waals surface area contributed by atoms with Crippen molar-refractivity contribution in [2.24, 2.45) is 0 Å². The highest BCUT2D eigenvalue weighted by atomic mass is 35.5. The Kier molecular flexibility index (Phi) is 3.61. The second kappa shape index (κ2) is 5.16. The van der Waals surface area contributed by atoms with Crippen molar-refractivity contribution in [1.29, 1.82) is 0 Å². The van der Waals surface area contributed by atoms with Gasteiger partial charge in [-0.3, -0.25) is 9.59 Å². The van der Waals surface area contributed by atoms with Crippen LogP contribution in [0.3, 0.4) is 0 Å². The molecule has 0 saturated heterocycles. The Bertz CT molecular complexity index is 533. The number of ketones is 1. The third-order valence-electron chi connectivity index (χ3n) is 2.00. The first-order chi connectivity index (χ1) is 8.16. The van der Waals surface area contributed by atoms with E-state index in [0.717, 1.165) is 0 Å². The van der Waals surface area contributed by atoms with Crippen LogP contribution in [0.5, 0.6) is 0 Å². The summed E-state index contributed by atoms with van der Waals surface area (Å²) in [6.07, 6.45) is 1.40. The Hall–Kier alpha value is -1.59. The van der Waals surface area contributed by atoms with Gasteiger partial charge in [-0.2, -0.15) is 0 Å². The number of hydrogen-bond donors (Lipinski definition) is 1. The lowest BCUT2D eigenvalue weighted by atomic mass is 10.3. The maximum atomic E-state index is 11.6. The molecule has 0 spiro atoms. The zero-order chi connectivity index (χ0) is 12.3. The number of halogens is 1. The molecule has 0 aliphatic rings. The third-order valence-corrected chi connectivity index (χ3v) is 3.27. The fourth-order valence-corrected chi connectivity index (χ4v) is 2.19. The summed E-state index contributed by atoms with van der Waals surface area (Å²) >= 11 is 6.90. The Morgan fingerprint density at radius 2 is 2.18 bits per heavy atom. The van der Waals surface area contributed by atoms with E-state index in [9.17, 15) is 9.59 Å². The molecule has 0 radical (unpaired) electrons. The van der Waals surface area contributed by atoms with Gasteiger partial charge in [0.15, 0.2) is 11.5 Å². The molecule has 2 heterocycles. The topological polar surface area (TPSA) is 59.3 Å². The number of thiophene rings is 1. The van der Waals surface area contributed by atoms with Crippen molar-refractivity contribution in [2.45, 2.75) is 0 Å². The molecule has 1 N–H and O–H groups in total. The maximum absolute atomic E-state index is 11.6. The van der Waals surface area contributed by atoms with Crippen LogP contribution in [0.15, 0.2) is 34.9 Å². The molecule has 0 fully saturated rings. The van der Waals surface area contributed by atoms with Crippen LogP contribution in [-0.2, 0) is 0 Å². The molecule has 1 amide bonds. The molecular weight excluding hydrogens is 262 g/mol.